The maximum atomic E-state index is 13.9. The second-order valence-electron chi connectivity index (χ2n) is 4.37. The molecule has 100 valence electrons. The largest absolute Gasteiger partial charge is 0.543 e. The fourth-order valence-corrected chi connectivity index (χ4v) is 4.74. The van der Waals surface area contributed by atoms with E-state index in [1.54, 1.807) is 12.1 Å². The molecule has 0 N–H and O–H groups in total. The van der Waals surface area contributed by atoms with Crippen molar-refractivity contribution in [3.05, 3.63) is 41.2 Å². The van der Waals surface area contributed by atoms with E-state index >= 15 is 0 Å². The molecule has 0 atom stereocenters. The second kappa shape index (κ2) is 6.39. The minimum absolute atomic E-state index is 0.106. The Labute approximate surface area is 115 Å². The van der Waals surface area contributed by atoms with Crippen LogP contribution in [0.25, 0.3) is 5.76 Å². The van der Waals surface area contributed by atoms with Crippen LogP contribution in [0.3, 0.4) is 0 Å². The van der Waals surface area contributed by atoms with Gasteiger partial charge in [-0.25, -0.2) is 4.39 Å². The van der Waals surface area contributed by atoms with Crippen LogP contribution in [0.2, 0.25) is 23.2 Å². The lowest BCUT2D eigenvalue weighted by atomic mass is 10.2. The minimum atomic E-state index is -1.81. The van der Waals surface area contributed by atoms with Crippen LogP contribution in [0, 0.1) is 5.82 Å². The molecular weight excluding hydrogens is 267 g/mol. The lowest BCUT2D eigenvalue weighted by Crippen LogP contribution is -2.35. The van der Waals surface area contributed by atoms with Crippen molar-refractivity contribution >= 4 is 25.7 Å². The van der Waals surface area contributed by atoms with Gasteiger partial charge in [0.1, 0.15) is 5.76 Å². The molecule has 4 heteroatoms. The number of rotatable bonds is 6. The van der Waals surface area contributed by atoms with Gasteiger partial charge >= 0.3 is 0 Å². The lowest BCUT2D eigenvalue weighted by Gasteiger charge is -2.30. The zero-order chi connectivity index (χ0) is 13.8. The van der Waals surface area contributed by atoms with Crippen LogP contribution in [0.5, 0.6) is 0 Å². The molecule has 0 aromatic heterocycles. The molecule has 0 bridgehead atoms. The van der Waals surface area contributed by atoms with Crippen molar-refractivity contribution in [3.8, 4) is 0 Å². The second-order valence-corrected chi connectivity index (χ2v) is 9.47. The zero-order valence-electron chi connectivity index (χ0n) is 11.2. The predicted octanol–water partition coefficient (Wildman–Crippen LogP) is 5.47. The van der Waals surface area contributed by atoms with Crippen LogP contribution in [-0.4, -0.2) is 8.32 Å². The van der Waals surface area contributed by atoms with Crippen molar-refractivity contribution in [2.45, 2.75) is 38.9 Å². The minimum Gasteiger partial charge on any atom is -0.543 e. The molecule has 0 aliphatic rings. The molecule has 0 unspecified atom stereocenters. The molecule has 0 amide bonds. The van der Waals surface area contributed by atoms with Gasteiger partial charge in [-0.3, -0.25) is 0 Å². The summed E-state index contributed by atoms with van der Waals surface area (Å²) < 4.78 is 19.9. The van der Waals surface area contributed by atoms with E-state index in [0.717, 1.165) is 18.1 Å². The molecule has 18 heavy (non-hydrogen) atoms. The molecule has 0 saturated heterocycles. The van der Waals surface area contributed by atoms with Crippen LogP contribution in [-0.2, 0) is 4.43 Å². The van der Waals surface area contributed by atoms with E-state index < -0.39 is 14.1 Å². The smallest absolute Gasteiger partial charge is 0.250 e. The first kappa shape index (κ1) is 15.3. The highest BCUT2D eigenvalue weighted by Crippen LogP contribution is 2.30. The fraction of sp³-hybridized carbons (Fsp3) is 0.429. The van der Waals surface area contributed by atoms with Gasteiger partial charge in [0.15, 0.2) is 5.82 Å². The summed E-state index contributed by atoms with van der Waals surface area (Å²) in [6.45, 7) is 10.2. The van der Waals surface area contributed by atoms with Crippen LogP contribution in [0.4, 0.5) is 4.39 Å². The summed E-state index contributed by atoms with van der Waals surface area (Å²) in [5, 5.41) is 0.106. The molecule has 1 rings (SSSR count). The normalized spacial score (nSPS) is 11.4. The molecule has 1 aromatic carbocycles. The molecule has 0 spiro atoms. The summed E-state index contributed by atoms with van der Waals surface area (Å²) >= 11 is 5.77. The highest BCUT2D eigenvalue weighted by molar-refractivity contribution is 6.74. The standard InChI is InChI=1S/C14H20ClFOSi/c1-5-18(6-2,7-3)17-11(4)12-9-8-10-13(15)14(12)16/h8-10H,4-7H2,1-3H3. The molecule has 0 heterocycles. The molecule has 1 aromatic rings. The Hall–Kier alpha value is -0.803. The summed E-state index contributed by atoms with van der Waals surface area (Å²) in [6.07, 6.45) is 0. The number of halogens is 2. The maximum Gasteiger partial charge on any atom is 0.250 e. The van der Waals surface area contributed by atoms with Crippen molar-refractivity contribution in [2.75, 3.05) is 0 Å². The summed E-state index contributed by atoms with van der Waals surface area (Å²) in [7, 11) is -1.81. The van der Waals surface area contributed by atoms with Crippen LogP contribution in [0.1, 0.15) is 26.3 Å². The predicted molar refractivity (Wildman–Crippen MR) is 78.7 cm³/mol. The molecule has 1 nitrogen and oxygen atoms in total. The van der Waals surface area contributed by atoms with Gasteiger partial charge in [-0.2, -0.15) is 0 Å². The van der Waals surface area contributed by atoms with Crippen molar-refractivity contribution in [1.29, 1.82) is 0 Å². The highest BCUT2D eigenvalue weighted by Gasteiger charge is 2.31. The Kier molecular flexibility index (Phi) is 5.41. The molecule has 0 fully saturated rings. The monoisotopic (exact) mass is 286 g/mol. The average molecular weight is 287 g/mol. The topological polar surface area (TPSA) is 9.23 Å². The number of hydrogen-bond donors (Lipinski definition) is 0. The van der Waals surface area contributed by atoms with E-state index in [1.807, 2.05) is 0 Å². The van der Waals surface area contributed by atoms with Gasteiger partial charge in [0, 0.05) is 0 Å². The van der Waals surface area contributed by atoms with E-state index in [0.29, 0.717) is 11.3 Å². The first-order valence-electron chi connectivity index (χ1n) is 6.32. The average Bonchev–Trinajstić information content (AvgIpc) is 2.39. The third-order valence-electron chi connectivity index (χ3n) is 3.52. The Bertz CT molecular complexity index is 422. The quantitative estimate of drug-likeness (QED) is 0.497. The van der Waals surface area contributed by atoms with Crippen molar-refractivity contribution in [1.82, 2.24) is 0 Å². The van der Waals surface area contributed by atoms with E-state index in [9.17, 15) is 4.39 Å². The van der Waals surface area contributed by atoms with E-state index in [1.165, 1.54) is 6.07 Å². The summed E-state index contributed by atoms with van der Waals surface area (Å²) in [6, 6.07) is 7.90. The number of hydrogen-bond acceptors (Lipinski definition) is 1. The van der Waals surface area contributed by atoms with E-state index in [2.05, 4.69) is 27.4 Å². The Morgan fingerprint density at radius 3 is 2.33 bits per heavy atom. The summed E-state index contributed by atoms with van der Waals surface area (Å²) in [4.78, 5) is 0. The van der Waals surface area contributed by atoms with Crippen LogP contribution >= 0.6 is 11.6 Å². The van der Waals surface area contributed by atoms with Crippen molar-refractivity contribution in [3.63, 3.8) is 0 Å². The van der Waals surface area contributed by atoms with Crippen LogP contribution < -0.4 is 0 Å². The maximum absolute atomic E-state index is 13.9. The van der Waals surface area contributed by atoms with Gasteiger partial charge in [-0.1, -0.05) is 45.0 Å². The zero-order valence-corrected chi connectivity index (χ0v) is 13.0. The Morgan fingerprint density at radius 1 is 1.28 bits per heavy atom. The third-order valence-corrected chi connectivity index (χ3v) is 8.36. The van der Waals surface area contributed by atoms with E-state index in [-0.39, 0.29) is 5.02 Å². The first-order valence-corrected chi connectivity index (χ1v) is 9.22. The molecular formula is C14H20ClFOSi. The van der Waals surface area contributed by atoms with Crippen LogP contribution in [0.15, 0.2) is 24.8 Å². The lowest BCUT2D eigenvalue weighted by molar-refractivity contribution is 0.486. The highest BCUT2D eigenvalue weighted by atomic mass is 35.5. The van der Waals surface area contributed by atoms with Gasteiger partial charge < -0.3 is 4.43 Å². The summed E-state index contributed by atoms with van der Waals surface area (Å²) in [5.74, 6) is -0.0393. The Morgan fingerprint density at radius 2 is 1.83 bits per heavy atom. The first-order chi connectivity index (χ1) is 8.49. The number of benzene rings is 1. The van der Waals surface area contributed by atoms with Crippen molar-refractivity contribution in [2.24, 2.45) is 0 Å². The third kappa shape index (κ3) is 3.15. The molecule has 0 aliphatic heterocycles. The summed E-state index contributed by atoms with van der Waals surface area (Å²) in [5.41, 5.74) is 0.370. The van der Waals surface area contributed by atoms with Gasteiger partial charge in [-0.15, -0.1) is 0 Å². The Balaban J connectivity index is 2.98. The van der Waals surface area contributed by atoms with E-state index in [4.69, 9.17) is 16.0 Å². The molecule has 0 radical (unpaired) electrons. The van der Waals surface area contributed by atoms with Gasteiger partial charge in [-0.05, 0) is 30.3 Å². The van der Waals surface area contributed by atoms with Gasteiger partial charge in [0.25, 0.3) is 0 Å². The molecule has 0 saturated carbocycles. The van der Waals surface area contributed by atoms with Crippen molar-refractivity contribution < 1.29 is 8.82 Å². The fourth-order valence-electron chi connectivity index (χ4n) is 2.00. The van der Waals surface area contributed by atoms with Gasteiger partial charge in [0.05, 0.1) is 10.6 Å². The van der Waals surface area contributed by atoms with Gasteiger partial charge in [0.2, 0.25) is 8.32 Å². The molecule has 0 aliphatic carbocycles. The SMILES string of the molecule is C=C(O[Si](CC)(CC)CC)c1cccc(Cl)c1F.